The van der Waals surface area contributed by atoms with Crippen LogP contribution in [-0.2, 0) is 11.3 Å². The van der Waals surface area contributed by atoms with Crippen molar-refractivity contribution >= 4 is 5.91 Å². The fourth-order valence-electron chi connectivity index (χ4n) is 2.48. The summed E-state index contributed by atoms with van der Waals surface area (Å²) in [6.07, 6.45) is 1.85. The number of rotatable bonds is 4. The number of hydrogen-bond donors (Lipinski definition) is 2. The van der Waals surface area contributed by atoms with Crippen molar-refractivity contribution < 1.29 is 4.79 Å². The highest BCUT2D eigenvalue weighted by Crippen LogP contribution is 2.29. The molecule has 1 aromatic carbocycles. The van der Waals surface area contributed by atoms with Crippen LogP contribution in [0.25, 0.3) is 0 Å². The average molecular weight is 246 g/mol. The summed E-state index contributed by atoms with van der Waals surface area (Å²) in [4.78, 5) is 12.3. The summed E-state index contributed by atoms with van der Waals surface area (Å²) in [6.45, 7) is 6.55. The van der Waals surface area contributed by atoms with Gasteiger partial charge >= 0.3 is 0 Å². The summed E-state index contributed by atoms with van der Waals surface area (Å²) >= 11 is 0. The van der Waals surface area contributed by atoms with E-state index in [2.05, 4.69) is 48.7 Å². The van der Waals surface area contributed by atoms with Gasteiger partial charge in [-0.1, -0.05) is 36.8 Å². The maximum Gasteiger partial charge on any atom is 0.227 e. The molecule has 1 amide bonds. The van der Waals surface area contributed by atoms with Crippen LogP contribution in [0.1, 0.15) is 30.9 Å². The zero-order chi connectivity index (χ0) is 13.0. The summed E-state index contributed by atoms with van der Waals surface area (Å²) in [5, 5.41) is 6.36. The van der Waals surface area contributed by atoms with Crippen molar-refractivity contribution in [2.45, 2.75) is 33.2 Å². The molecular weight excluding hydrogens is 224 g/mol. The molecular formula is C15H22N2O. The molecule has 1 atom stereocenters. The van der Waals surface area contributed by atoms with E-state index in [4.69, 9.17) is 0 Å². The van der Waals surface area contributed by atoms with Crippen molar-refractivity contribution in [1.29, 1.82) is 0 Å². The summed E-state index contributed by atoms with van der Waals surface area (Å²) in [5.41, 5.74) is 2.21. The number of benzene rings is 1. The molecule has 0 bridgehead atoms. The van der Waals surface area contributed by atoms with Crippen molar-refractivity contribution in [2.75, 3.05) is 13.1 Å². The highest BCUT2D eigenvalue weighted by molar-refractivity contribution is 5.83. The molecule has 98 valence electrons. The number of carbonyl (C=O) groups is 1. The lowest BCUT2D eigenvalue weighted by molar-refractivity contribution is -0.130. The van der Waals surface area contributed by atoms with Crippen molar-refractivity contribution in [2.24, 2.45) is 5.41 Å². The Bertz CT molecular complexity index is 405. The first kappa shape index (κ1) is 13.1. The molecule has 1 heterocycles. The van der Waals surface area contributed by atoms with E-state index >= 15 is 0 Å². The van der Waals surface area contributed by atoms with E-state index in [1.54, 1.807) is 0 Å². The predicted molar refractivity (Wildman–Crippen MR) is 73.2 cm³/mol. The second kappa shape index (κ2) is 5.53. The first-order valence-electron chi connectivity index (χ1n) is 6.71. The number of carbonyl (C=O) groups excluding carboxylic acids is 1. The van der Waals surface area contributed by atoms with Crippen molar-refractivity contribution in [3.8, 4) is 0 Å². The largest absolute Gasteiger partial charge is 0.352 e. The number of amides is 1. The third-order valence-corrected chi connectivity index (χ3v) is 3.98. The molecule has 2 rings (SSSR count). The Morgan fingerprint density at radius 1 is 1.39 bits per heavy atom. The Balaban J connectivity index is 1.93. The van der Waals surface area contributed by atoms with Gasteiger partial charge in [-0.2, -0.15) is 0 Å². The lowest BCUT2D eigenvalue weighted by atomic mass is 9.83. The van der Waals surface area contributed by atoms with Crippen LogP contribution in [0.3, 0.4) is 0 Å². The molecule has 1 unspecified atom stereocenters. The van der Waals surface area contributed by atoms with Crippen LogP contribution < -0.4 is 10.6 Å². The maximum atomic E-state index is 12.3. The Labute approximate surface area is 109 Å². The lowest BCUT2D eigenvalue weighted by Gasteiger charge is -2.25. The van der Waals surface area contributed by atoms with E-state index in [-0.39, 0.29) is 11.3 Å². The van der Waals surface area contributed by atoms with Gasteiger partial charge in [-0.15, -0.1) is 0 Å². The van der Waals surface area contributed by atoms with Gasteiger partial charge in [0.2, 0.25) is 5.91 Å². The van der Waals surface area contributed by atoms with Gasteiger partial charge in [0.05, 0.1) is 5.41 Å². The van der Waals surface area contributed by atoms with E-state index in [1.165, 1.54) is 5.56 Å². The van der Waals surface area contributed by atoms with E-state index in [9.17, 15) is 4.79 Å². The summed E-state index contributed by atoms with van der Waals surface area (Å²) in [6, 6.07) is 8.30. The molecule has 0 saturated carbocycles. The lowest BCUT2D eigenvalue weighted by Crippen LogP contribution is -2.41. The smallest absolute Gasteiger partial charge is 0.227 e. The molecule has 3 nitrogen and oxygen atoms in total. The van der Waals surface area contributed by atoms with E-state index in [0.717, 1.165) is 31.5 Å². The van der Waals surface area contributed by atoms with Gasteiger partial charge in [0.15, 0.2) is 0 Å². The molecule has 0 aliphatic carbocycles. The predicted octanol–water partition coefficient (Wildman–Crippen LogP) is 2.00. The average Bonchev–Trinajstić information content (AvgIpc) is 2.88. The molecule has 1 fully saturated rings. The van der Waals surface area contributed by atoms with Gasteiger partial charge in [-0.25, -0.2) is 0 Å². The SMILES string of the molecule is CCC1(C(=O)NCc2ccc(C)cc2)CCNC1. The van der Waals surface area contributed by atoms with Gasteiger partial charge in [-0.3, -0.25) is 4.79 Å². The third kappa shape index (κ3) is 2.72. The Kier molecular flexibility index (Phi) is 4.02. The minimum Gasteiger partial charge on any atom is -0.352 e. The van der Waals surface area contributed by atoms with Crippen LogP contribution in [0.4, 0.5) is 0 Å². The Morgan fingerprint density at radius 3 is 2.67 bits per heavy atom. The normalized spacial score (nSPS) is 23.0. The summed E-state index contributed by atoms with van der Waals surface area (Å²) < 4.78 is 0. The monoisotopic (exact) mass is 246 g/mol. The summed E-state index contributed by atoms with van der Waals surface area (Å²) in [5.74, 6) is 0.190. The zero-order valence-electron chi connectivity index (χ0n) is 11.3. The maximum absolute atomic E-state index is 12.3. The van der Waals surface area contributed by atoms with E-state index in [1.807, 2.05) is 0 Å². The van der Waals surface area contributed by atoms with Crippen LogP contribution in [0.15, 0.2) is 24.3 Å². The first-order chi connectivity index (χ1) is 8.66. The van der Waals surface area contributed by atoms with Crippen LogP contribution >= 0.6 is 0 Å². The topological polar surface area (TPSA) is 41.1 Å². The quantitative estimate of drug-likeness (QED) is 0.853. The molecule has 3 heteroatoms. The van der Waals surface area contributed by atoms with Gasteiger partial charge in [0.25, 0.3) is 0 Å². The molecule has 1 aromatic rings. The van der Waals surface area contributed by atoms with Crippen LogP contribution in [0.2, 0.25) is 0 Å². The molecule has 1 aliphatic heterocycles. The van der Waals surface area contributed by atoms with Gasteiger partial charge in [0.1, 0.15) is 0 Å². The fraction of sp³-hybridized carbons (Fsp3) is 0.533. The molecule has 1 saturated heterocycles. The first-order valence-corrected chi connectivity index (χ1v) is 6.71. The zero-order valence-corrected chi connectivity index (χ0v) is 11.3. The Hall–Kier alpha value is -1.35. The molecule has 0 radical (unpaired) electrons. The van der Waals surface area contributed by atoms with Gasteiger partial charge in [0, 0.05) is 13.1 Å². The molecule has 0 aromatic heterocycles. The van der Waals surface area contributed by atoms with E-state index in [0.29, 0.717) is 6.54 Å². The number of nitrogens with one attached hydrogen (secondary N) is 2. The molecule has 1 aliphatic rings. The van der Waals surface area contributed by atoms with Crippen LogP contribution in [-0.4, -0.2) is 19.0 Å². The van der Waals surface area contributed by atoms with Gasteiger partial charge in [-0.05, 0) is 31.9 Å². The van der Waals surface area contributed by atoms with Gasteiger partial charge < -0.3 is 10.6 Å². The van der Waals surface area contributed by atoms with Crippen molar-refractivity contribution in [3.63, 3.8) is 0 Å². The van der Waals surface area contributed by atoms with Crippen molar-refractivity contribution in [3.05, 3.63) is 35.4 Å². The minimum absolute atomic E-state index is 0.190. The highest BCUT2D eigenvalue weighted by Gasteiger charge is 2.39. The summed E-state index contributed by atoms with van der Waals surface area (Å²) in [7, 11) is 0. The van der Waals surface area contributed by atoms with Crippen LogP contribution in [0, 0.1) is 12.3 Å². The number of aryl methyl sites for hydroxylation is 1. The second-order valence-electron chi connectivity index (χ2n) is 5.23. The Morgan fingerprint density at radius 2 is 2.11 bits per heavy atom. The molecule has 0 spiro atoms. The van der Waals surface area contributed by atoms with Crippen LogP contribution in [0.5, 0.6) is 0 Å². The van der Waals surface area contributed by atoms with Crippen molar-refractivity contribution in [1.82, 2.24) is 10.6 Å². The molecule has 18 heavy (non-hydrogen) atoms. The minimum atomic E-state index is -0.190. The second-order valence-corrected chi connectivity index (χ2v) is 5.23. The highest BCUT2D eigenvalue weighted by atomic mass is 16.2. The van der Waals surface area contributed by atoms with E-state index < -0.39 is 0 Å². The fourth-order valence-corrected chi connectivity index (χ4v) is 2.48. The number of hydrogen-bond acceptors (Lipinski definition) is 2. The third-order valence-electron chi connectivity index (χ3n) is 3.98. The molecule has 2 N–H and O–H groups in total. The standard InChI is InChI=1S/C15H22N2O/c1-3-15(8-9-16-11-15)14(18)17-10-13-6-4-12(2)5-7-13/h4-7,16H,3,8-11H2,1-2H3,(H,17,18).